The summed E-state index contributed by atoms with van der Waals surface area (Å²) in [7, 11) is -2.68. The van der Waals surface area contributed by atoms with Crippen LogP contribution in [0, 0.1) is 15.9 Å². The summed E-state index contributed by atoms with van der Waals surface area (Å²) in [6, 6.07) is 14.3. The molecule has 0 aliphatic carbocycles. The molecule has 9 nitrogen and oxygen atoms in total. The highest BCUT2D eigenvalue weighted by atomic mass is 32.2. The van der Waals surface area contributed by atoms with E-state index >= 15 is 0 Å². The minimum Gasteiger partial charge on any atom is -0.495 e. The van der Waals surface area contributed by atoms with Gasteiger partial charge < -0.3 is 10.1 Å². The van der Waals surface area contributed by atoms with E-state index in [1.807, 2.05) is 0 Å². The van der Waals surface area contributed by atoms with Crippen LogP contribution in [-0.4, -0.2) is 26.4 Å². The summed E-state index contributed by atoms with van der Waals surface area (Å²) in [6.45, 7) is 0. The van der Waals surface area contributed by atoms with Gasteiger partial charge in [0.1, 0.15) is 11.6 Å². The predicted molar refractivity (Wildman–Crippen MR) is 121 cm³/mol. The van der Waals surface area contributed by atoms with Crippen molar-refractivity contribution in [3.63, 3.8) is 0 Å². The van der Waals surface area contributed by atoms with Crippen LogP contribution in [0.2, 0.25) is 0 Å². The number of rotatable bonds is 8. The minimum atomic E-state index is -4.04. The number of methoxy groups -OCH3 is 1. The summed E-state index contributed by atoms with van der Waals surface area (Å²) in [4.78, 5) is 22.3. The van der Waals surface area contributed by atoms with Crippen molar-refractivity contribution >= 4 is 39.1 Å². The van der Waals surface area contributed by atoms with Gasteiger partial charge in [0.15, 0.2) is 0 Å². The van der Waals surface area contributed by atoms with E-state index in [0.29, 0.717) is 5.56 Å². The lowest BCUT2D eigenvalue weighted by atomic mass is 10.2. The summed E-state index contributed by atoms with van der Waals surface area (Å²) < 4.78 is 45.9. The number of nitrogens with one attached hydrogen (secondary N) is 2. The quantitative estimate of drug-likeness (QED) is 0.288. The molecule has 0 atom stereocenters. The second-order valence-corrected chi connectivity index (χ2v) is 8.33. The third-order valence-corrected chi connectivity index (χ3v) is 5.75. The average molecular weight is 471 g/mol. The topological polar surface area (TPSA) is 128 Å². The van der Waals surface area contributed by atoms with E-state index in [2.05, 4.69) is 10.0 Å². The number of carbonyl (C=O) groups is 1. The van der Waals surface area contributed by atoms with Crippen molar-refractivity contribution in [2.45, 2.75) is 4.90 Å². The molecule has 0 bridgehead atoms. The number of hydrogen-bond donors (Lipinski definition) is 2. The maximum atomic E-state index is 13.1. The molecule has 33 heavy (non-hydrogen) atoms. The fourth-order valence-corrected chi connectivity index (χ4v) is 3.81. The Morgan fingerprint density at radius 1 is 1.06 bits per heavy atom. The number of nitrogens with zero attached hydrogens (tertiary/aromatic N) is 1. The molecule has 0 unspecified atom stereocenters. The Kier molecular flexibility index (Phi) is 7.04. The number of benzene rings is 3. The molecular formula is C22H18FN3O6S. The van der Waals surface area contributed by atoms with Gasteiger partial charge in [0.25, 0.3) is 15.7 Å². The summed E-state index contributed by atoms with van der Waals surface area (Å²) >= 11 is 0. The number of sulfonamides is 1. The smallest absolute Gasteiger partial charge is 0.269 e. The molecule has 170 valence electrons. The molecule has 0 aliphatic heterocycles. The average Bonchev–Trinajstić information content (AvgIpc) is 2.78. The molecule has 3 aromatic rings. The minimum absolute atomic E-state index is 0.0644. The summed E-state index contributed by atoms with van der Waals surface area (Å²) in [5, 5.41) is 13.3. The highest BCUT2D eigenvalue weighted by molar-refractivity contribution is 7.92. The van der Waals surface area contributed by atoms with Gasteiger partial charge in [0.05, 0.1) is 22.6 Å². The number of ether oxygens (including phenoxy) is 1. The lowest BCUT2D eigenvalue weighted by Gasteiger charge is -2.13. The van der Waals surface area contributed by atoms with Gasteiger partial charge in [-0.15, -0.1) is 0 Å². The fourth-order valence-electron chi connectivity index (χ4n) is 2.75. The van der Waals surface area contributed by atoms with Crippen LogP contribution in [0.15, 0.2) is 77.7 Å². The van der Waals surface area contributed by atoms with E-state index < -0.39 is 26.7 Å². The number of amides is 1. The molecule has 1 amide bonds. The van der Waals surface area contributed by atoms with E-state index in [1.165, 1.54) is 61.7 Å². The van der Waals surface area contributed by atoms with Gasteiger partial charge in [0, 0.05) is 23.9 Å². The van der Waals surface area contributed by atoms with Crippen molar-refractivity contribution in [2.24, 2.45) is 0 Å². The maximum absolute atomic E-state index is 13.1. The zero-order valence-corrected chi connectivity index (χ0v) is 18.0. The molecule has 0 heterocycles. The summed E-state index contributed by atoms with van der Waals surface area (Å²) in [6.07, 6.45) is 2.70. The molecular weight excluding hydrogens is 453 g/mol. The third-order valence-electron chi connectivity index (χ3n) is 4.37. The highest BCUT2D eigenvalue weighted by Crippen LogP contribution is 2.30. The molecule has 0 aromatic heterocycles. The van der Waals surface area contributed by atoms with Crippen LogP contribution in [0.4, 0.5) is 21.5 Å². The largest absolute Gasteiger partial charge is 0.495 e. The van der Waals surface area contributed by atoms with Crippen LogP contribution in [0.1, 0.15) is 5.56 Å². The second-order valence-electron chi connectivity index (χ2n) is 6.65. The van der Waals surface area contributed by atoms with Crippen molar-refractivity contribution in [3.8, 4) is 5.75 Å². The van der Waals surface area contributed by atoms with Crippen LogP contribution in [0.5, 0.6) is 5.75 Å². The molecule has 0 saturated carbocycles. The third kappa shape index (κ3) is 6.14. The van der Waals surface area contributed by atoms with E-state index in [0.717, 1.165) is 24.3 Å². The monoisotopic (exact) mass is 471 g/mol. The Hall–Kier alpha value is -4.25. The van der Waals surface area contributed by atoms with Gasteiger partial charge in [-0.25, -0.2) is 12.8 Å². The zero-order valence-electron chi connectivity index (χ0n) is 17.2. The zero-order chi connectivity index (χ0) is 24.0. The van der Waals surface area contributed by atoms with Crippen LogP contribution in [-0.2, 0) is 14.8 Å². The van der Waals surface area contributed by atoms with E-state index in [4.69, 9.17) is 4.74 Å². The molecule has 11 heteroatoms. The number of anilines is 2. The standard InChI is InChI=1S/C22H18FN3O6S/c1-32-21-12-7-17(14-20(21)25-33(30,31)19-10-5-16(23)6-11-19)24-22(27)13-4-15-2-8-18(9-3-15)26(28)29/h2-14,25H,1H3,(H,24,27). The van der Waals surface area contributed by atoms with E-state index in [9.17, 15) is 27.7 Å². The molecule has 3 aromatic carbocycles. The predicted octanol–water partition coefficient (Wildman–Crippen LogP) is 4.20. The van der Waals surface area contributed by atoms with Gasteiger partial charge >= 0.3 is 0 Å². The number of nitro benzene ring substituents is 1. The first-order valence-electron chi connectivity index (χ1n) is 9.38. The van der Waals surface area contributed by atoms with Crippen LogP contribution < -0.4 is 14.8 Å². The number of hydrogen-bond acceptors (Lipinski definition) is 6. The first kappa shape index (κ1) is 23.4. The summed E-state index contributed by atoms with van der Waals surface area (Å²) in [5.41, 5.74) is 0.869. The highest BCUT2D eigenvalue weighted by Gasteiger charge is 2.17. The van der Waals surface area contributed by atoms with Gasteiger partial charge in [-0.3, -0.25) is 19.6 Å². The van der Waals surface area contributed by atoms with Crippen LogP contribution in [0.25, 0.3) is 6.08 Å². The Bertz CT molecular complexity index is 1310. The van der Waals surface area contributed by atoms with Gasteiger partial charge in [-0.2, -0.15) is 0 Å². The van der Waals surface area contributed by atoms with Gasteiger partial charge in [0.2, 0.25) is 5.91 Å². The molecule has 2 N–H and O–H groups in total. The van der Waals surface area contributed by atoms with Gasteiger partial charge in [-0.05, 0) is 66.2 Å². The molecule has 0 fully saturated rings. The molecule has 0 spiro atoms. The molecule has 0 aliphatic rings. The van der Waals surface area contributed by atoms with E-state index in [-0.39, 0.29) is 27.7 Å². The Labute approximate surface area is 188 Å². The maximum Gasteiger partial charge on any atom is 0.269 e. The summed E-state index contributed by atoms with van der Waals surface area (Å²) in [5.74, 6) is -0.871. The molecule has 0 radical (unpaired) electrons. The normalized spacial score (nSPS) is 11.2. The number of nitro groups is 1. The molecule has 0 saturated heterocycles. The Morgan fingerprint density at radius 2 is 1.73 bits per heavy atom. The lowest BCUT2D eigenvalue weighted by molar-refractivity contribution is -0.384. The Balaban J connectivity index is 1.75. The van der Waals surface area contributed by atoms with Crippen molar-refractivity contribution in [3.05, 3.63) is 94.3 Å². The number of carbonyl (C=O) groups excluding carboxylic acids is 1. The van der Waals surface area contributed by atoms with Crippen molar-refractivity contribution in [2.75, 3.05) is 17.1 Å². The van der Waals surface area contributed by atoms with Crippen LogP contribution in [0.3, 0.4) is 0 Å². The lowest BCUT2D eigenvalue weighted by Crippen LogP contribution is -2.14. The SMILES string of the molecule is COc1ccc(NC(=O)C=Cc2ccc([N+](=O)[O-])cc2)cc1NS(=O)(=O)c1ccc(F)cc1. The Morgan fingerprint density at radius 3 is 2.33 bits per heavy atom. The molecule has 3 rings (SSSR count). The van der Waals surface area contributed by atoms with Crippen molar-refractivity contribution < 1.29 is 27.3 Å². The van der Waals surface area contributed by atoms with Crippen molar-refractivity contribution in [1.82, 2.24) is 0 Å². The first-order chi connectivity index (χ1) is 15.7. The first-order valence-corrected chi connectivity index (χ1v) is 10.9. The second kappa shape index (κ2) is 9.92. The van der Waals surface area contributed by atoms with Crippen LogP contribution >= 0.6 is 0 Å². The van der Waals surface area contributed by atoms with Gasteiger partial charge in [-0.1, -0.05) is 0 Å². The van der Waals surface area contributed by atoms with Crippen molar-refractivity contribution in [1.29, 1.82) is 0 Å². The van der Waals surface area contributed by atoms with E-state index in [1.54, 1.807) is 0 Å². The number of halogens is 1. The fraction of sp³-hybridized carbons (Fsp3) is 0.0455. The number of non-ortho nitro benzene ring substituents is 1.